The van der Waals surface area contributed by atoms with Crippen LogP contribution >= 0.6 is 34.3 Å². The van der Waals surface area contributed by atoms with Crippen molar-refractivity contribution >= 4 is 62.3 Å². The lowest BCUT2D eigenvalue weighted by Gasteiger charge is -2.07. The lowest BCUT2D eigenvalue weighted by Crippen LogP contribution is -2.17. The summed E-state index contributed by atoms with van der Waals surface area (Å²) in [6, 6.07) is 23.1. The number of nitrogen functional groups attached to an aromatic ring is 1. The minimum absolute atomic E-state index is 0.368. The van der Waals surface area contributed by atoms with Crippen LogP contribution in [-0.2, 0) is 0 Å². The number of pyridine rings is 1. The minimum atomic E-state index is -0.368. The van der Waals surface area contributed by atoms with Gasteiger partial charge in [0.25, 0.3) is 5.91 Å². The standard InChI is InChI=1S/C25H17ClN4OS2/c26-17-10-8-16(9-11-17)19-13-18(20-7-4-12-32-20)21-22(27)23(33-25(21)29-19)24(31)30-28-14-15-5-2-1-3-6-15/h1-14H,27H2,(H,30,31)/b28-14+. The zero-order chi connectivity index (χ0) is 22.8. The molecular weight excluding hydrogens is 472 g/mol. The molecule has 0 saturated carbocycles. The quantitative estimate of drug-likeness (QED) is 0.213. The second-order valence-corrected chi connectivity index (χ2v) is 9.56. The van der Waals surface area contributed by atoms with Gasteiger partial charge in [0.05, 0.1) is 17.6 Å². The highest BCUT2D eigenvalue weighted by atomic mass is 35.5. The fourth-order valence-corrected chi connectivity index (χ4v) is 5.32. The van der Waals surface area contributed by atoms with Crippen LogP contribution in [0.15, 0.2) is 83.3 Å². The molecule has 5 aromatic rings. The average Bonchev–Trinajstić information content (AvgIpc) is 3.48. The molecule has 0 fully saturated rings. The Kier molecular flexibility index (Phi) is 5.92. The third kappa shape index (κ3) is 4.39. The highest BCUT2D eigenvalue weighted by molar-refractivity contribution is 7.21. The fraction of sp³-hybridized carbons (Fsp3) is 0. The number of hydrogen-bond donors (Lipinski definition) is 2. The highest BCUT2D eigenvalue weighted by Gasteiger charge is 2.21. The lowest BCUT2D eigenvalue weighted by atomic mass is 10.0. The number of anilines is 1. The number of benzene rings is 2. The molecule has 0 aliphatic carbocycles. The van der Waals surface area contributed by atoms with E-state index in [1.54, 1.807) is 17.6 Å². The molecule has 3 aromatic heterocycles. The predicted octanol–water partition coefficient (Wildman–Crippen LogP) is 6.69. The van der Waals surface area contributed by atoms with E-state index >= 15 is 0 Å². The molecule has 5 rings (SSSR count). The Morgan fingerprint density at radius 3 is 2.58 bits per heavy atom. The summed E-state index contributed by atoms with van der Waals surface area (Å²) in [5.74, 6) is -0.368. The summed E-state index contributed by atoms with van der Waals surface area (Å²) in [6.07, 6.45) is 1.59. The number of carbonyl (C=O) groups is 1. The van der Waals surface area contributed by atoms with Gasteiger partial charge in [0.2, 0.25) is 0 Å². The van der Waals surface area contributed by atoms with E-state index in [4.69, 9.17) is 22.3 Å². The average molecular weight is 489 g/mol. The van der Waals surface area contributed by atoms with Gasteiger partial charge in [0.1, 0.15) is 9.71 Å². The number of hydrogen-bond acceptors (Lipinski definition) is 6. The van der Waals surface area contributed by atoms with E-state index in [1.807, 2.05) is 78.2 Å². The Hall–Kier alpha value is -3.52. The molecule has 0 radical (unpaired) electrons. The predicted molar refractivity (Wildman–Crippen MR) is 139 cm³/mol. The Morgan fingerprint density at radius 1 is 1.06 bits per heavy atom. The molecule has 2 aromatic carbocycles. The van der Waals surface area contributed by atoms with Crippen molar-refractivity contribution in [3.05, 3.63) is 93.6 Å². The number of rotatable bonds is 5. The second-order valence-electron chi connectivity index (χ2n) is 7.17. The molecule has 8 heteroatoms. The largest absolute Gasteiger partial charge is 0.397 e. The smallest absolute Gasteiger partial charge is 0.283 e. The minimum Gasteiger partial charge on any atom is -0.397 e. The van der Waals surface area contributed by atoms with E-state index in [2.05, 4.69) is 10.5 Å². The van der Waals surface area contributed by atoms with Gasteiger partial charge < -0.3 is 5.73 Å². The molecule has 162 valence electrons. The van der Waals surface area contributed by atoms with Crippen molar-refractivity contribution in [1.82, 2.24) is 10.4 Å². The zero-order valence-corrected chi connectivity index (χ0v) is 19.5. The summed E-state index contributed by atoms with van der Waals surface area (Å²) in [5.41, 5.74) is 13.0. The van der Waals surface area contributed by atoms with Crippen LogP contribution < -0.4 is 11.2 Å². The Bertz CT molecular complexity index is 1460. The zero-order valence-electron chi connectivity index (χ0n) is 17.2. The molecule has 0 aliphatic rings. The molecule has 0 unspecified atom stereocenters. The highest BCUT2D eigenvalue weighted by Crippen LogP contribution is 2.42. The van der Waals surface area contributed by atoms with Gasteiger partial charge in [0, 0.05) is 26.4 Å². The molecule has 0 aliphatic heterocycles. The van der Waals surface area contributed by atoms with Crippen LogP contribution in [0.2, 0.25) is 5.02 Å². The summed E-state index contributed by atoms with van der Waals surface area (Å²) in [4.78, 5) is 19.8. The van der Waals surface area contributed by atoms with Crippen LogP contribution in [0.1, 0.15) is 15.2 Å². The van der Waals surface area contributed by atoms with Crippen LogP contribution in [0, 0.1) is 0 Å². The Morgan fingerprint density at radius 2 is 1.85 bits per heavy atom. The van der Waals surface area contributed by atoms with Crippen molar-refractivity contribution in [3.63, 3.8) is 0 Å². The van der Waals surface area contributed by atoms with Crippen molar-refractivity contribution in [2.24, 2.45) is 5.10 Å². The van der Waals surface area contributed by atoms with Crippen molar-refractivity contribution < 1.29 is 4.79 Å². The van der Waals surface area contributed by atoms with Crippen LogP contribution in [0.25, 0.3) is 31.9 Å². The Balaban J connectivity index is 1.56. The van der Waals surface area contributed by atoms with Crippen LogP contribution in [0.5, 0.6) is 0 Å². The number of thiophene rings is 2. The van der Waals surface area contributed by atoms with Gasteiger partial charge in [0.15, 0.2) is 0 Å². The van der Waals surface area contributed by atoms with Gasteiger partial charge in [-0.1, -0.05) is 60.1 Å². The number of fused-ring (bicyclic) bond motifs is 1. The molecule has 0 saturated heterocycles. The van der Waals surface area contributed by atoms with Crippen molar-refractivity contribution in [1.29, 1.82) is 0 Å². The van der Waals surface area contributed by atoms with E-state index < -0.39 is 0 Å². The molecular formula is C25H17ClN4OS2. The molecule has 5 nitrogen and oxygen atoms in total. The molecule has 3 heterocycles. The van der Waals surface area contributed by atoms with Crippen molar-refractivity contribution in [2.45, 2.75) is 0 Å². The summed E-state index contributed by atoms with van der Waals surface area (Å²) in [6.45, 7) is 0. The number of hydrazone groups is 1. The molecule has 0 spiro atoms. The third-order valence-corrected chi connectivity index (χ3v) is 7.26. The number of aromatic nitrogens is 1. The maximum absolute atomic E-state index is 12.9. The SMILES string of the molecule is Nc1c(C(=O)N/N=C/c2ccccc2)sc2nc(-c3ccc(Cl)cc3)cc(-c3cccs3)c12. The van der Waals surface area contributed by atoms with Gasteiger partial charge in [-0.15, -0.1) is 22.7 Å². The third-order valence-electron chi connectivity index (χ3n) is 5.01. The van der Waals surface area contributed by atoms with E-state index in [-0.39, 0.29) is 5.91 Å². The van der Waals surface area contributed by atoms with Crippen molar-refractivity contribution in [3.8, 4) is 21.7 Å². The molecule has 0 bridgehead atoms. The number of carbonyl (C=O) groups excluding carboxylic acids is 1. The Labute approximate surface area is 203 Å². The number of nitrogens with one attached hydrogen (secondary N) is 1. The molecule has 0 atom stereocenters. The van der Waals surface area contributed by atoms with Crippen molar-refractivity contribution in [2.75, 3.05) is 5.73 Å². The van der Waals surface area contributed by atoms with Crippen LogP contribution in [0.4, 0.5) is 5.69 Å². The van der Waals surface area contributed by atoms with E-state index in [0.29, 0.717) is 20.4 Å². The van der Waals surface area contributed by atoms with E-state index in [0.717, 1.165) is 32.6 Å². The molecule has 1 amide bonds. The maximum Gasteiger partial charge on any atom is 0.283 e. The first-order valence-electron chi connectivity index (χ1n) is 10.0. The van der Waals surface area contributed by atoms with Gasteiger partial charge in [-0.05, 0) is 35.2 Å². The number of nitrogens with two attached hydrogens (primary N) is 1. The molecule has 33 heavy (non-hydrogen) atoms. The lowest BCUT2D eigenvalue weighted by molar-refractivity contribution is 0.0960. The first-order valence-corrected chi connectivity index (χ1v) is 12.1. The van der Waals surface area contributed by atoms with Crippen LogP contribution in [-0.4, -0.2) is 17.1 Å². The topological polar surface area (TPSA) is 80.4 Å². The summed E-state index contributed by atoms with van der Waals surface area (Å²) in [7, 11) is 0. The first-order chi connectivity index (χ1) is 16.1. The monoisotopic (exact) mass is 488 g/mol. The van der Waals surface area contributed by atoms with Crippen LogP contribution in [0.3, 0.4) is 0 Å². The van der Waals surface area contributed by atoms with Gasteiger partial charge in [-0.3, -0.25) is 4.79 Å². The number of halogens is 1. The van der Waals surface area contributed by atoms with E-state index in [1.165, 1.54) is 11.3 Å². The van der Waals surface area contributed by atoms with E-state index in [9.17, 15) is 4.79 Å². The first kappa shape index (κ1) is 21.3. The summed E-state index contributed by atoms with van der Waals surface area (Å²) < 4.78 is 0. The summed E-state index contributed by atoms with van der Waals surface area (Å²) >= 11 is 8.93. The normalized spacial score (nSPS) is 11.3. The maximum atomic E-state index is 12.9. The fourth-order valence-electron chi connectivity index (χ4n) is 3.44. The number of nitrogens with zero attached hydrogens (tertiary/aromatic N) is 2. The second kappa shape index (κ2) is 9.15. The number of amides is 1. The van der Waals surface area contributed by atoms with Gasteiger partial charge >= 0.3 is 0 Å². The molecule has 3 N–H and O–H groups in total. The van der Waals surface area contributed by atoms with Gasteiger partial charge in [-0.2, -0.15) is 5.10 Å². The summed E-state index contributed by atoms with van der Waals surface area (Å²) in [5, 5.41) is 7.52. The van der Waals surface area contributed by atoms with Gasteiger partial charge in [-0.25, -0.2) is 10.4 Å².